The number of nitrogen functional groups attached to an aromatic ring is 1. The maximum atomic E-state index is 5.90. The van der Waals surface area contributed by atoms with E-state index in [1.807, 2.05) is 32.0 Å². The van der Waals surface area contributed by atoms with Crippen LogP contribution in [0.5, 0.6) is 5.75 Å². The van der Waals surface area contributed by atoms with Crippen LogP contribution in [0.3, 0.4) is 0 Å². The minimum atomic E-state index is 0.00364. The molecule has 1 aliphatic carbocycles. The van der Waals surface area contributed by atoms with Gasteiger partial charge in [-0.2, -0.15) is 0 Å². The first-order chi connectivity index (χ1) is 9.03. The lowest BCUT2D eigenvalue weighted by atomic mass is 9.80. The number of hydrogen-bond donors (Lipinski definition) is 2. The zero-order valence-electron chi connectivity index (χ0n) is 12.0. The number of rotatable bonds is 6. The van der Waals surface area contributed by atoms with E-state index in [2.05, 4.69) is 5.32 Å². The van der Waals surface area contributed by atoms with Crippen molar-refractivity contribution in [3.05, 3.63) is 18.2 Å². The molecule has 0 amide bonds. The highest BCUT2D eigenvalue weighted by molar-refractivity contribution is 5.59. The Kier molecular flexibility index (Phi) is 4.20. The van der Waals surface area contributed by atoms with Crippen LogP contribution >= 0.6 is 0 Å². The lowest BCUT2D eigenvalue weighted by molar-refractivity contribution is -0.0601. The van der Waals surface area contributed by atoms with Crippen LogP contribution < -0.4 is 15.8 Å². The summed E-state index contributed by atoms with van der Waals surface area (Å²) in [6.07, 6.45) is 3.63. The van der Waals surface area contributed by atoms with Gasteiger partial charge in [0.1, 0.15) is 5.75 Å². The minimum Gasteiger partial charge on any atom is -0.491 e. The third kappa shape index (κ3) is 3.53. The number of nitrogens with two attached hydrogens (primary N) is 1. The maximum absolute atomic E-state index is 5.90. The lowest BCUT2D eigenvalue weighted by Gasteiger charge is -2.40. The Balaban J connectivity index is 2.01. The Labute approximate surface area is 115 Å². The van der Waals surface area contributed by atoms with E-state index in [1.165, 1.54) is 6.42 Å². The van der Waals surface area contributed by atoms with Crippen molar-refractivity contribution in [2.45, 2.75) is 44.8 Å². The summed E-state index contributed by atoms with van der Waals surface area (Å²) < 4.78 is 11.3. The number of hydrogen-bond acceptors (Lipinski definition) is 4. The molecule has 3 N–H and O–H groups in total. The molecule has 19 heavy (non-hydrogen) atoms. The molecule has 4 heteroatoms. The van der Waals surface area contributed by atoms with Crippen molar-refractivity contribution in [3.8, 4) is 5.75 Å². The van der Waals surface area contributed by atoms with Gasteiger partial charge in [0.25, 0.3) is 0 Å². The fraction of sp³-hybridized carbons (Fsp3) is 0.600. The van der Waals surface area contributed by atoms with Gasteiger partial charge in [-0.1, -0.05) is 0 Å². The van der Waals surface area contributed by atoms with Gasteiger partial charge in [0.15, 0.2) is 0 Å². The lowest BCUT2D eigenvalue weighted by Crippen LogP contribution is -2.45. The average Bonchev–Trinajstić information content (AvgIpc) is 2.26. The molecule has 0 aliphatic heterocycles. The Morgan fingerprint density at radius 2 is 2.05 bits per heavy atom. The summed E-state index contributed by atoms with van der Waals surface area (Å²) in [5, 5.41) is 3.41. The van der Waals surface area contributed by atoms with Crippen molar-refractivity contribution >= 4 is 11.4 Å². The Morgan fingerprint density at radius 1 is 1.32 bits per heavy atom. The van der Waals surface area contributed by atoms with Crippen molar-refractivity contribution in [1.29, 1.82) is 0 Å². The molecule has 0 spiro atoms. The standard InChI is InChI=1S/C15H24N2O2/c1-11(2)19-14-8-12(16)7-13(9-14)17-10-15(18-3)5-4-6-15/h7-9,11,17H,4-6,10,16H2,1-3H3. The summed E-state index contributed by atoms with van der Waals surface area (Å²) >= 11 is 0. The number of nitrogens with one attached hydrogen (secondary N) is 1. The highest BCUT2D eigenvalue weighted by atomic mass is 16.5. The molecule has 1 aliphatic rings. The molecule has 0 unspecified atom stereocenters. The molecular weight excluding hydrogens is 240 g/mol. The van der Waals surface area contributed by atoms with Gasteiger partial charge in [-0.25, -0.2) is 0 Å². The van der Waals surface area contributed by atoms with Crippen LogP contribution in [-0.4, -0.2) is 25.4 Å². The van der Waals surface area contributed by atoms with Gasteiger partial charge in [0.05, 0.1) is 11.7 Å². The quantitative estimate of drug-likeness (QED) is 0.775. The van der Waals surface area contributed by atoms with Gasteiger partial charge >= 0.3 is 0 Å². The minimum absolute atomic E-state index is 0.00364. The van der Waals surface area contributed by atoms with E-state index < -0.39 is 0 Å². The molecule has 0 bridgehead atoms. The van der Waals surface area contributed by atoms with Crippen LogP contribution in [0.25, 0.3) is 0 Å². The predicted molar refractivity (Wildman–Crippen MR) is 78.7 cm³/mol. The molecule has 1 fully saturated rings. The molecule has 1 aromatic rings. The molecular formula is C15H24N2O2. The fourth-order valence-corrected chi connectivity index (χ4v) is 2.35. The van der Waals surface area contributed by atoms with Gasteiger partial charge in [-0.3, -0.25) is 0 Å². The first kappa shape index (κ1) is 14.0. The predicted octanol–water partition coefficient (Wildman–Crippen LogP) is 3.04. The monoisotopic (exact) mass is 264 g/mol. The SMILES string of the molecule is COC1(CNc2cc(N)cc(OC(C)C)c2)CCC1. The maximum Gasteiger partial charge on any atom is 0.123 e. The summed E-state index contributed by atoms with van der Waals surface area (Å²) in [6, 6.07) is 5.76. The van der Waals surface area contributed by atoms with Crippen LogP contribution in [0.1, 0.15) is 33.1 Å². The summed E-state index contributed by atoms with van der Waals surface area (Å²) in [4.78, 5) is 0. The summed E-state index contributed by atoms with van der Waals surface area (Å²) in [5.74, 6) is 0.803. The second-order valence-electron chi connectivity index (χ2n) is 5.55. The number of benzene rings is 1. The van der Waals surface area contributed by atoms with E-state index in [0.29, 0.717) is 5.69 Å². The highest BCUT2D eigenvalue weighted by Gasteiger charge is 2.36. The highest BCUT2D eigenvalue weighted by Crippen LogP contribution is 2.35. The van der Waals surface area contributed by atoms with Crippen LogP contribution in [-0.2, 0) is 4.74 Å². The topological polar surface area (TPSA) is 56.5 Å². The normalized spacial score (nSPS) is 17.1. The van der Waals surface area contributed by atoms with Crippen LogP contribution in [0, 0.1) is 0 Å². The van der Waals surface area contributed by atoms with Gasteiger partial charge in [0, 0.05) is 37.2 Å². The molecule has 1 saturated carbocycles. The molecule has 4 nitrogen and oxygen atoms in total. The molecule has 0 saturated heterocycles. The Morgan fingerprint density at radius 3 is 2.58 bits per heavy atom. The number of ether oxygens (including phenoxy) is 2. The van der Waals surface area contributed by atoms with E-state index >= 15 is 0 Å². The van der Waals surface area contributed by atoms with E-state index in [1.54, 1.807) is 7.11 Å². The molecule has 2 rings (SSSR count). The second-order valence-corrected chi connectivity index (χ2v) is 5.55. The van der Waals surface area contributed by atoms with E-state index in [9.17, 15) is 0 Å². The Hall–Kier alpha value is -1.42. The molecule has 0 aromatic heterocycles. The van der Waals surface area contributed by atoms with Gasteiger partial charge in [-0.15, -0.1) is 0 Å². The average molecular weight is 264 g/mol. The molecule has 0 heterocycles. The molecule has 1 aromatic carbocycles. The van der Waals surface area contributed by atoms with Crippen LogP contribution in [0.2, 0.25) is 0 Å². The van der Waals surface area contributed by atoms with E-state index in [-0.39, 0.29) is 11.7 Å². The largest absolute Gasteiger partial charge is 0.491 e. The van der Waals surface area contributed by atoms with Crippen molar-refractivity contribution < 1.29 is 9.47 Å². The van der Waals surface area contributed by atoms with Gasteiger partial charge < -0.3 is 20.5 Å². The number of anilines is 2. The molecule has 0 atom stereocenters. The molecule has 0 radical (unpaired) electrons. The van der Waals surface area contributed by atoms with Gasteiger partial charge in [-0.05, 0) is 39.2 Å². The number of methoxy groups -OCH3 is 1. The zero-order valence-corrected chi connectivity index (χ0v) is 12.0. The zero-order chi connectivity index (χ0) is 13.9. The second kappa shape index (κ2) is 5.70. The summed E-state index contributed by atoms with van der Waals surface area (Å²) in [6.45, 7) is 4.82. The van der Waals surface area contributed by atoms with Crippen molar-refractivity contribution in [2.75, 3.05) is 24.7 Å². The third-order valence-corrected chi connectivity index (χ3v) is 3.61. The third-order valence-electron chi connectivity index (χ3n) is 3.61. The first-order valence-corrected chi connectivity index (χ1v) is 6.89. The van der Waals surface area contributed by atoms with Crippen molar-refractivity contribution in [2.24, 2.45) is 0 Å². The van der Waals surface area contributed by atoms with E-state index in [4.69, 9.17) is 15.2 Å². The van der Waals surface area contributed by atoms with Crippen molar-refractivity contribution in [3.63, 3.8) is 0 Å². The van der Waals surface area contributed by atoms with Crippen LogP contribution in [0.4, 0.5) is 11.4 Å². The Bertz CT molecular complexity index is 423. The fourth-order valence-electron chi connectivity index (χ4n) is 2.35. The van der Waals surface area contributed by atoms with Gasteiger partial charge in [0.2, 0.25) is 0 Å². The summed E-state index contributed by atoms with van der Waals surface area (Å²) in [7, 11) is 1.79. The van der Waals surface area contributed by atoms with E-state index in [0.717, 1.165) is 30.8 Å². The summed E-state index contributed by atoms with van der Waals surface area (Å²) in [5.41, 5.74) is 7.60. The smallest absolute Gasteiger partial charge is 0.123 e. The van der Waals surface area contributed by atoms with Crippen LogP contribution in [0.15, 0.2) is 18.2 Å². The molecule has 106 valence electrons. The van der Waals surface area contributed by atoms with Crippen molar-refractivity contribution in [1.82, 2.24) is 0 Å². The first-order valence-electron chi connectivity index (χ1n) is 6.89.